The number of ether oxygens (including phenoxy) is 2. The minimum atomic E-state index is -0.965. The Labute approximate surface area is 493 Å². The van der Waals surface area contributed by atoms with Crippen molar-refractivity contribution in [1.29, 1.82) is 5.26 Å². The highest BCUT2D eigenvalue weighted by Crippen LogP contribution is 2.67. The van der Waals surface area contributed by atoms with E-state index < -0.39 is 11.2 Å². The number of aromatic nitrogens is 4. The molecule has 0 saturated heterocycles. The topological polar surface area (TPSA) is 161 Å². The molecule has 10 fully saturated rings. The number of aliphatic hydroxyl groups is 2. The lowest BCUT2D eigenvalue weighted by molar-refractivity contribution is -0.250. The molecule has 10 atom stereocenters. The molecule has 10 aliphatic carbocycles. The lowest BCUT2D eigenvalue weighted by atomic mass is 9.48. The number of nitrogens with zero attached hydrogens (tertiary/aromatic N) is 5. The second-order valence-corrected chi connectivity index (χ2v) is 28.8. The van der Waals surface area contributed by atoms with E-state index in [2.05, 4.69) is 38.4 Å². The Balaban J connectivity index is 0.000000137. The molecule has 406 valence electrons. The Bertz CT molecular complexity index is 3730. The summed E-state index contributed by atoms with van der Waals surface area (Å²) < 4.78 is 28.7. The van der Waals surface area contributed by atoms with E-state index in [1.165, 1.54) is 11.3 Å². The fourth-order valence-corrected chi connectivity index (χ4v) is 19.8. The number of hydrogen-bond donors (Lipinski definition) is 2. The van der Waals surface area contributed by atoms with Gasteiger partial charge < -0.3 is 28.7 Å². The number of hydrogen-bond acceptors (Lipinski definition) is 13. The summed E-state index contributed by atoms with van der Waals surface area (Å²) in [5.74, 6) is 4.06. The quantitative estimate of drug-likeness (QED) is 0.120. The van der Waals surface area contributed by atoms with Gasteiger partial charge in [-0.3, -0.25) is 0 Å². The van der Waals surface area contributed by atoms with E-state index in [1.807, 2.05) is 60.7 Å². The maximum absolute atomic E-state index is 12.3. The van der Waals surface area contributed by atoms with Crippen LogP contribution in [0.3, 0.4) is 0 Å². The van der Waals surface area contributed by atoms with E-state index in [0.29, 0.717) is 85.1 Å². The second kappa shape index (κ2) is 19.3. The molecule has 0 spiro atoms. The smallest absolute Gasteiger partial charge is 0.145 e. The van der Waals surface area contributed by atoms with Gasteiger partial charge in [0.25, 0.3) is 0 Å². The van der Waals surface area contributed by atoms with Crippen molar-refractivity contribution in [3.8, 4) is 28.6 Å². The number of thiazole rings is 2. The maximum Gasteiger partial charge on any atom is 0.145 e. The van der Waals surface area contributed by atoms with Crippen LogP contribution < -0.4 is 0 Å². The molecule has 0 amide bonds. The summed E-state index contributed by atoms with van der Waals surface area (Å²) in [6.07, 6.45) is 13.7. The van der Waals surface area contributed by atoms with Crippen LogP contribution in [-0.2, 0) is 33.9 Å². The van der Waals surface area contributed by atoms with Crippen LogP contribution in [0.4, 0.5) is 0 Å². The van der Waals surface area contributed by atoms with E-state index >= 15 is 0 Å². The minimum absolute atomic E-state index is 0.0811. The third-order valence-corrected chi connectivity index (χ3v) is 23.4. The summed E-state index contributed by atoms with van der Waals surface area (Å²) in [6.45, 7) is 0.793. The molecule has 8 aromatic rings. The third kappa shape index (κ3) is 8.71. The first-order valence-electron chi connectivity index (χ1n) is 27.7. The Morgan fingerprint density at radius 2 is 1.01 bits per heavy atom. The average Bonchev–Trinajstić information content (AvgIpc) is 4.48. The summed E-state index contributed by atoms with van der Waals surface area (Å²) in [4.78, 5) is 9.83. The zero-order valence-corrected chi connectivity index (χ0v) is 49.1. The molecular weight excluding hydrogens is 1180 g/mol. The normalized spacial score (nSPS) is 31.1. The van der Waals surface area contributed by atoms with Gasteiger partial charge in [0, 0.05) is 38.6 Å². The first-order valence-corrected chi connectivity index (χ1v) is 31.6. The lowest BCUT2D eigenvalue weighted by Crippen LogP contribution is -2.62. The molecule has 6 unspecified atom stereocenters. The van der Waals surface area contributed by atoms with Gasteiger partial charge in [-0.25, -0.2) is 9.97 Å². The maximum atomic E-state index is 12.3. The highest BCUT2D eigenvalue weighted by atomic mass is 79.9. The van der Waals surface area contributed by atoms with Crippen LogP contribution in [0.25, 0.3) is 42.9 Å². The van der Waals surface area contributed by atoms with Crippen molar-refractivity contribution in [3.05, 3.63) is 136 Å². The van der Waals surface area contributed by atoms with Crippen molar-refractivity contribution in [3.63, 3.8) is 0 Å². The van der Waals surface area contributed by atoms with Crippen LogP contribution in [0.1, 0.15) is 140 Å². The summed E-state index contributed by atoms with van der Waals surface area (Å²) in [7, 11) is 0. The predicted molar refractivity (Wildman–Crippen MR) is 309 cm³/mol. The first kappa shape index (κ1) is 51.9. The molecule has 2 N–H and O–H groups in total. The highest BCUT2D eigenvalue weighted by Gasteiger charge is 2.65. The largest absolute Gasteiger partial charge is 0.382 e. The Morgan fingerprint density at radius 3 is 1.43 bits per heavy atom. The van der Waals surface area contributed by atoms with Gasteiger partial charge in [-0.15, -0.1) is 22.7 Å². The molecule has 4 heterocycles. The Kier molecular flexibility index (Phi) is 12.7. The van der Waals surface area contributed by atoms with Gasteiger partial charge in [-0.2, -0.15) is 5.26 Å². The summed E-state index contributed by atoms with van der Waals surface area (Å²) in [5.41, 5.74) is 4.67. The molecule has 79 heavy (non-hydrogen) atoms. The number of benzene rings is 4. The van der Waals surface area contributed by atoms with Crippen LogP contribution >= 0.6 is 85.0 Å². The van der Waals surface area contributed by atoms with Gasteiger partial charge in [0.15, 0.2) is 0 Å². The second-order valence-electron chi connectivity index (χ2n) is 24.2. The molecular formula is C61H54BrCl4N5O6S2. The predicted octanol–water partition coefficient (Wildman–Crippen LogP) is 16.9. The van der Waals surface area contributed by atoms with Crippen molar-refractivity contribution in [2.75, 3.05) is 0 Å². The molecule has 18 heteroatoms. The molecule has 0 aliphatic heterocycles. The Morgan fingerprint density at radius 1 is 0.595 bits per heavy atom. The van der Waals surface area contributed by atoms with Crippen molar-refractivity contribution in [2.24, 2.45) is 35.5 Å². The van der Waals surface area contributed by atoms with E-state index in [9.17, 15) is 15.5 Å². The number of rotatable bonds is 12. The highest BCUT2D eigenvalue weighted by molar-refractivity contribution is 9.10. The van der Waals surface area contributed by atoms with Gasteiger partial charge in [-0.1, -0.05) is 84.8 Å². The van der Waals surface area contributed by atoms with Crippen LogP contribution in [0.2, 0.25) is 20.1 Å². The molecule has 8 bridgehead atoms. The molecule has 4 aromatic heterocycles. The van der Waals surface area contributed by atoms with Gasteiger partial charge in [0.1, 0.15) is 44.1 Å². The van der Waals surface area contributed by atoms with Gasteiger partial charge in [-0.05, 0) is 186 Å². The van der Waals surface area contributed by atoms with Crippen molar-refractivity contribution < 1.29 is 28.7 Å². The number of halogens is 5. The summed E-state index contributed by atoms with van der Waals surface area (Å²) >= 11 is 33.1. The van der Waals surface area contributed by atoms with Crippen LogP contribution in [0.5, 0.6) is 0 Å². The van der Waals surface area contributed by atoms with Gasteiger partial charge in [0.2, 0.25) is 0 Å². The lowest BCUT2D eigenvalue weighted by Gasteiger charge is -2.62. The standard InChI is InChI=1S/C31H27Cl2N3O3S.C30H27BrCl2N2O3S/c32-22-2-1-3-23(33)26(22)27-21(28(39-36-27)18-5-6-18)15-38-30-11-17-8-19(12-30)31(37,20(9-17)13-30)29-35-24-7-4-16(14-34)10-25(24)40-29;31-19-6-7-23-24(10-19)39-28(34-23)30(36)17-8-15-9-18(30)13-29(11-15,12-17)37-14-20-26(35-38-27(20)16-4-5-16)25-21(32)2-1-3-22(25)33/h1-4,7,10,17-20,37H,5-6,8-9,11-13,15H2;1-3,6-7,10,15-18,36H,4-5,8-9,11-14H2/t17?,19-,20+,30?,31?;15?,17-,18+,29?,30?. The molecule has 11 nitrogen and oxygen atoms in total. The third-order valence-electron chi connectivity index (χ3n) is 19.3. The zero-order valence-electron chi connectivity index (χ0n) is 42.8. The number of nitriles is 1. The zero-order chi connectivity index (χ0) is 53.7. The van der Waals surface area contributed by atoms with Crippen molar-refractivity contribution >= 4 is 105 Å². The van der Waals surface area contributed by atoms with Crippen molar-refractivity contribution in [1.82, 2.24) is 20.3 Å². The monoisotopic (exact) mass is 1240 g/mol. The van der Waals surface area contributed by atoms with E-state index in [0.717, 1.165) is 147 Å². The fourth-order valence-electron chi connectivity index (χ4n) is 15.7. The van der Waals surface area contributed by atoms with E-state index in [1.54, 1.807) is 17.4 Å². The van der Waals surface area contributed by atoms with Crippen LogP contribution in [0.15, 0.2) is 86.3 Å². The number of fused-ring (bicyclic) bond motifs is 2. The fraction of sp³-hybridized carbons (Fsp3) is 0.459. The summed E-state index contributed by atoms with van der Waals surface area (Å²) in [6, 6.07) is 24.9. The average molecular weight is 1240 g/mol. The van der Waals surface area contributed by atoms with E-state index in [4.69, 9.17) is 74.9 Å². The molecule has 18 rings (SSSR count). The van der Waals surface area contributed by atoms with Gasteiger partial charge >= 0.3 is 0 Å². The first-order chi connectivity index (χ1) is 38.2. The molecule has 0 radical (unpaired) electrons. The van der Waals surface area contributed by atoms with Crippen LogP contribution in [-0.4, -0.2) is 41.7 Å². The van der Waals surface area contributed by atoms with Gasteiger partial charge in [0.05, 0.1) is 76.6 Å². The molecule has 10 aliphatic rings. The van der Waals surface area contributed by atoms with Crippen LogP contribution in [0, 0.1) is 46.8 Å². The molecule has 4 aromatic carbocycles. The van der Waals surface area contributed by atoms with Crippen molar-refractivity contribution in [2.45, 2.75) is 137 Å². The molecule has 10 saturated carbocycles. The Hall–Kier alpha value is -3.95. The summed E-state index contributed by atoms with van der Waals surface area (Å²) in [5, 5.41) is 46.7. The minimum Gasteiger partial charge on any atom is -0.382 e. The SMILES string of the molecule is N#Cc1ccc2nc(C3(O)[C@@H]4CC5C[C@H]3CC(OCc3c(-c6c(Cl)cccc6Cl)noc3C3CC3)(C5)C4)sc2c1.OC1(c2nc3ccc(Br)cc3s2)[C@@H]2CC3C[C@H]1CC(OCc1c(-c4c(Cl)cccc4Cl)noc1C1CC1)(C3)C2. The van der Waals surface area contributed by atoms with E-state index in [-0.39, 0.29) is 34.9 Å².